The highest BCUT2D eigenvalue weighted by Gasteiger charge is 2.24. The topological polar surface area (TPSA) is 70.7 Å². The quantitative estimate of drug-likeness (QED) is 0.374. The van der Waals surface area contributed by atoms with Crippen molar-refractivity contribution in [3.8, 4) is 0 Å². The number of carbonyl (C=O) groups excluding carboxylic acids is 1. The minimum atomic E-state index is -0.462. The molecule has 0 saturated heterocycles. The predicted octanol–water partition coefficient (Wildman–Crippen LogP) is 5.55. The van der Waals surface area contributed by atoms with Gasteiger partial charge in [0.25, 0.3) is 0 Å². The van der Waals surface area contributed by atoms with Crippen LogP contribution in [0.15, 0.2) is 71.2 Å². The van der Waals surface area contributed by atoms with Crippen LogP contribution in [0.4, 0.5) is 5.69 Å². The van der Waals surface area contributed by atoms with Gasteiger partial charge < -0.3 is 5.32 Å². The highest BCUT2D eigenvalue weighted by molar-refractivity contribution is 8.00. The number of H-pyrrole nitrogens is 1. The molecule has 0 aliphatic rings. The van der Waals surface area contributed by atoms with E-state index in [1.54, 1.807) is 11.3 Å². The Kier molecular flexibility index (Phi) is 6.30. The van der Waals surface area contributed by atoms with Gasteiger partial charge in [-0.25, -0.2) is 4.98 Å². The van der Waals surface area contributed by atoms with Gasteiger partial charge in [0.2, 0.25) is 11.1 Å². The molecule has 5 nitrogen and oxygen atoms in total. The molecule has 1 unspecified atom stereocenters. The minimum absolute atomic E-state index is 0.0930. The Bertz CT molecular complexity index is 1120. The van der Waals surface area contributed by atoms with Gasteiger partial charge in [-0.3, -0.25) is 9.89 Å². The number of hydrogen-bond acceptors (Lipinski definition) is 5. The molecular formula is C23H22N4OS2. The molecule has 0 radical (unpaired) electrons. The number of aromatic amines is 1. The number of rotatable bonds is 7. The van der Waals surface area contributed by atoms with E-state index in [1.165, 1.54) is 16.6 Å². The second kappa shape index (κ2) is 9.28. The molecule has 7 heteroatoms. The van der Waals surface area contributed by atoms with Gasteiger partial charge in [0.15, 0.2) is 0 Å². The standard InChI is InChI=1S/C23H22N4OS2/c1-15-10-11-16(2)19(13-15)24-22(28)21(17-7-4-3-5-8-17)30-23-25-20(26-27-23)14-18-9-6-12-29-18/h3-13,21H,14H2,1-2H3,(H,24,28)(H,25,26,27). The maximum Gasteiger partial charge on any atom is 0.242 e. The number of aromatic nitrogens is 3. The first-order chi connectivity index (χ1) is 14.6. The largest absolute Gasteiger partial charge is 0.325 e. The summed E-state index contributed by atoms with van der Waals surface area (Å²) in [6.45, 7) is 4.01. The maximum atomic E-state index is 13.2. The molecule has 1 atom stereocenters. The molecule has 2 N–H and O–H groups in total. The fraction of sp³-hybridized carbons (Fsp3) is 0.174. The fourth-order valence-corrected chi connectivity index (χ4v) is 4.70. The van der Waals surface area contributed by atoms with Gasteiger partial charge in [0.1, 0.15) is 11.1 Å². The molecule has 1 amide bonds. The Balaban J connectivity index is 1.55. The van der Waals surface area contributed by atoms with E-state index in [0.717, 1.165) is 28.2 Å². The van der Waals surface area contributed by atoms with E-state index in [0.29, 0.717) is 11.6 Å². The van der Waals surface area contributed by atoms with Crippen LogP contribution in [0.2, 0.25) is 0 Å². The number of amides is 1. The van der Waals surface area contributed by atoms with E-state index in [9.17, 15) is 4.79 Å². The summed E-state index contributed by atoms with van der Waals surface area (Å²) in [5.74, 6) is 0.700. The van der Waals surface area contributed by atoms with E-state index in [2.05, 4.69) is 26.6 Å². The van der Waals surface area contributed by atoms with Gasteiger partial charge in [-0.15, -0.1) is 16.4 Å². The van der Waals surface area contributed by atoms with Crippen LogP contribution in [0, 0.1) is 13.8 Å². The second-order valence-electron chi connectivity index (χ2n) is 7.04. The molecule has 0 spiro atoms. The second-order valence-corrected chi connectivity index (χ2v) is 9.14. The van der Waals surface area contributed by atoms with E-state index in [1.807, 2.05) is 73.8 Å². The Labute approximate surface area is 184 Å². The average molecular weight is 435 g/mol. The van der Waals surface area contributed by atoms with Crippen LogP contribution < -0.4 is 5.32 Å². The SMILES string of the molecule is Cc1ccc(C)c(NC(=O)C(Sc2n[nH]c(Cc3cccs3)n2)c2ccccc2)c1. The summed E-state index contributed by atoms with van der Waals surface area (Å²) in [5.41, 5.74) is 3.87. The third-order valence-corrected chi connectivity index (χ3v) is 6.64. The zero-order chi connectivity index (χ0) is 20.9. The van der Waals surface area contributed by atoms with E-state index < -0.39 is 5.25 Å². The van der Waals surface area contributed by atoms with Crippen molar-refractivity contribution in [2.45, 2.75) is 30.7 Å². The lowest BCUT2D eigenvalue weighted by Gasteiger charge is -2.17. The molecule has 0 fully saturated rings. The van der Waals surface area contributed by atoms with Crippen molar-refractivity contribution in [2.24, 2.45) is 0 Å². The molecule has 4 rings (SSSR count). The molecule has 0 aliphatic carbocycles. The molecule has 0 saturated carbocycles. The Morgan fingerprint density at radius 2 is 1.97 bits per heavy atom. The number of carbonyl (C=O) groups is 1. The highest BCUT2D eigenvalue weighted by Crippen LogP contribution is 2.35. The molecule has 152 valence electrons. The number of thioether (sulfide) groups is 1. The number of nitrogens with zero attached hydrogens (tertiary/aromatic N) is 2. The first kappa shape index (κ1) is 20.4. The lowest BCUT2D eigenvalue weighted by atomic mass is 10.1. The minimum Gasteiger partial charge on any atom is -0.325 e. The van der Waals surface area contributed by atoms with Crippen LogP contribution in [0.25, 0.3) is 0 Å². The summed E-state index contributed by atoms with van der Waals surface area (Å²) >= 11 is 3.04. The van der Waals surface area contributed by atoms with Crippen molar-refractivity contribution in [3.05, 3.63) is 93.4 Å². The smallest absolute Gasteiger partial charge is 0.242 e. The van der Waals surface area contributed by atoms with Crippen molar-refractivity contribution < 1.29 is 4.79 Å². The lowest BCUT2D eigenvalue weighted by Crippen LogP contribution is -2.19. The van der Waals surface area contributed by atoms with Gasteiger partial charge in [-0.2, -0.15) is 0 Å². The van der Waals surface area contributed by atoms with Gasteiger partial charge in [-0.1, -0.05) is 60.3 Å². The molecule has 30 heavy (non-hydrogen) atoms. The van der Waals surface area contributed by atoms with Crippen molar-refractivity contribution >= 4 is 34.7 Å². The van der Waals surface area contributed by atoms with Crippen molar-refractivity contribution in [1.82, 2.24) is 15.2 Å². The first-order valence-corrected chi connectivity index (χ1v) is 11.4. The van der Waals surface area contributed by atoms with Gasteiger partial charge in [0.05, 0.1) is 0 Å². The molecule has 2 heterocycles. The third-order valence-electron chi connectivity index (χ3n) is 4.65. The first-order valence-electron chi connectivity index (χ1n) is 9.62. The summed E-state index contributed by atoms with van der Waals surface area (Å²) in [6.07, 6.45) is 0.704. The molecular weight excluding hydrogens is 412 g/mol. The molecule has 2 aromatic heterocycles. The summed E-state index contributed by atoms with van der Waals surface area (Å²) < 4.78 is 0. The summed E-state index contributed by atoms with van der Waals surface area (Å²) in [4.78, 5) is 19.1. The van der Waals surface area contributed by atoms with Gasteiger partial charge >= 0.3 is 0 Å². The van der Waals surface area contributed by atoms with Crippen molar-refractivity contribution in [1.29, 1.82) is 0 Å². The molecule has 0 aliphatic heterocycles. The van der Waals surface area contributed by atoms with Crippen molar-refractivity contribution in [2.75, 3.05) is 5.32 Å². The molecule has 0 bridgehead atoms. The average Bonchev–Trinajstić information content (AvgIpc) is 3.42. The van der Waals surface area contributed by atoms with Gasteiger partial charge in [-0.05, 0) is 48.1 Å². The van der Waals surface area contributed by atoms with Gasteiger partial charge in [0, 0.05) is 17.0 Å². The summed E-state index contributed by atoms with van der Waals surface area (Å²) in [5, 5.41) is 12.6. The van der Waals surface area contributed by atoms with Crippen LogP contribution in [0.1, 0.15) is 32.6 Å². The number of nitrogens with one attached hydrogen (secondary N) is 2. The number of aryl methyl sites for hydroxylation is 2. The fourth-order valence-electron chi connectivity index (χ4n) is 3.06. The predicted molar refractivity (Wildman–Crippen MR) is 123 cm³/mol. The van der Waals surface area contributed by atoms with Crippen LogP contribution in [0.5, 0.6) is 0 Å². The summed E-state index contributed by atoms with van der Waals surface area (Å²) in [6, 6.07) is 19.9. The van der Waals surface area contributed by atoms with Crippen LogP contribution in [-0.2, 0) is 11.2 Å². The number of thiophene rings is 1. The Morgan fingerprint density at radius 1 is 1.13 bits per heavy atom. The van der Waals surface area contributed by atoms with E-state index in [4.69, 9.17) is 0 Å². The van der Waals surface area contributed by atoms with Crippen LogP contribution in [-0.4, -0.2) is 21.1 Å². The maximum absolute atomic E-state index is 13.2. The lowest BCUT2D eigenvalue weighted by molar-refractivity contribution is -0.115. The number of anilines is 1. The van der Waals surface area contributed by atoms with E-state index in [-0.39, 0.29) is 5.91 Å². The number of benzene rings is 2. The normalized spacial score (nSPS) is 11.9. The highest BCUT2D eigenvalue weighted by atomic mass is 32.2. The van der Waals surface area contributed by atoms with Crippen molar-refractivity contribution in [3.63, 3.8) is 0 Å². The van der Waals surface area contributed by atoms with Crippen LogP contribution >= 0.6 is 23.1 Å². The van der Waals surface area contributed by atoms with E-state index >= 15 is 0 Å². The zero-order valence-electron chi connectivity index (χ0n) is 16.8. The Morgan fingerprint density at radius 3 is 2.73 bits per heavy atom. The summed E-state index contributed by atoms with van der Waals surface area (Å²) in [7, 11) is 0. The zero-order valence-corrected chi connectivity index (χ0v) is 18.4. The Hall–Kier alpha value is -2.90. The monoisotopic (exact) mass is 434 g/mol. The number of hydrogen-bond donors (Lipinski definition) is 2. The van der Waals surface area contributed by atoms with Crippen LogP contribution in [0.3, 0.4) is 0 Å². The molecule has 4 aromatic rings. The molecule has 2 aromatic carbocycles. The third kappa shape index (κ3) is 4.98.